The van der Waals surface area contributed by atoms with Crippen LogP contribution < -0.4 is 24.8 Å². The molecule has 1 aromatic rings. The van der Waals surface area contributed by atoms with Gasteiger partial charge in [-0.2, -0.15) is 0 Å². The number of nitrogens with two attached hydrogens (primary N) is 1. The molecule has 6 heteroatoms. The van der Waals surface area contributed by atoms with Crippen molar-refractivity contribution in [2.45, 2.75) is 13.0 Å². The van der Waals surface area contributed by atoms with Crippen molar-refractivity contribution < 1.29 is 19.0 Å². The van der Waals surface area contributed by atoms with Crippen LogP contribution in [0.3, 0.4) is 0 Å². The Morgan fingerprint density at radius 2 is 1.63 bits per heavy atom. The fourth-order valence-corrected chi connectivity index (χ4v) is 1.69. The van der Waals surface area contributed by atoms with E-state index in [-0.39, 0.29) is 5.91 Å². The molecule has 0 heterocycles. The standard InChI is InChI=1S/C13H20N2O4/c1-8(14)13(16)15(2)9-6-10(17-3)12(19-5)11(7-9)18-4/h6-8H,14H2,1-5H3. The molecule has 2 N–H and O–H groups in total. The van der Waals surface area contributed by atoms with Gasteiger partial charge in [0.2, 0.25) is 11.7 Å². The summed E-state index contributed by atoms with van der Waals surface area (Å²) in [6.07, 6.45) is 0. The Bertz CT molecular complexity index is 435. The zero-order valence-electron chi connectivity index (χ0n) is 11.9. The van der Waals surface area contributed by atoms with Crippen LogP contribution in [-0.2, 0) is 4.79 Å². The summed E-state index contributed by atoms with van der Waals surface area (Å²) in [5.41, 5.74) is 6.22. The Hall–Kier alpha value is -1.95. The number of hydrogen-bond acceptors (Lipinski definition) is 5. The van der Waals surface area contributed by atoms with Crippen molar-refractivity contribution in [1.82, 2.24) is 0 Å². The Balaban J connectivity index is 3.26. The maximum Gasteiger partial charge on any atom is 0.243 e. The summed E-state index contributed by atoms with van der Waals surface area (Å²) in [4.78, 5) is 13.3. The summed E-state index contributed by atoms with van der Waals surface area (Å²) in [5.74, 6) is 1.26. The van der Waals surface area contributed by atoms with Crippen molar-refractivity contribution in [2.75, 3.05) is 33.3 Å². The number of hydrogen-bond donors (Lipinski definition) is 1. The molecule has 0 spiro atoms. The molecule has 0 aliphatic rings. The van der Waals surface area contributed by atoms with Crippen LogP contribution in [0.4, 0.5) is 5.69 Å². The van der Waals surface area contributed by atoms with Crippen LogP contribution in [0.25, 0.3) is 0 Å². The van der Waals surface area contributed by atoms with E-state index in [9.17, 15) is 4.79 Å². The lowest BCUT2D eigenvalue weighted by atomic mass is 10.2. The first-order valence-electron chi connectivity index (χ1n) is 5.79. The molecule has 19 heavy (non-hydrogen) atoms. The van der Waals surface area contributed by atoms with Gasteiger partial charge in [0, 0.05) is 19.2 Å². The van der Waals surface area contributed by atoms with Crippen molar-refractivity contribution in [2.24, 2.45) is 5.73 Å². The van der Waals surface area contributed by atoms with Crippen LogP contribution >= 0.6 is 0 Å². The van der Waals surface area contributed by atoms with E-state index in [1.807, 2.05) is 0 Å². The highest BCUT2D eigenvalue weighted by molar-refractivity contribution is 5.96. The van der Waals surface area contributed by atoms with E-state index in [4.69, 9.17) is 19.9 Å². The number of ether oxygens (including phenoxy) is 3. The Morgan fingerprint density at radius 3 is 1.95 bits per heavy atom. The van der Waals surface area contributed by atoms with Crippen molar-refractivity contribution in [1.29, 1.82) is 0 Å². The predicted octanol–water partition coefficient (Wildman–Crippen LogP) is 1.02. The molecule has 0 fully saturated rings. The molecule has 0 radical (unpaired) electrons. The Kier molecular flexibility index (Phi) is 5.00. The van der Waals surface area contributed by atoms with Crippen molar-refractivity contribution in [3.05, 3.63) is 12.1 Å². The van der Waals surface area contributed by atoms with Gasteiger partial charge in [0.15, 0.2) is 11.5 Å². The second-order valence-electron chi connectivity index (χ2n) is 4.07. The van der Waals surface area contributed by atoms with E-state index in [0.717, 1.165) is 0 Å². The molecule has 0 aromatic heterocycles. The number of amides is 1. The lowest BCUT2D eigenvalue weighted by molar-refractivity contribution is -0.119. The van der Waals surface area contributed by atoms with Gasteiger partial charge >= 0.3 is 0 Å². The largest absolute Gasteiger partial charge is 0.493 e. The molecule has 1 amide bonds. The van der Waals surface area contributed by atoms with E-state index < -0.39 is 6.04 Å². The third-order valence-electron chi connectivity index (χ3n) is 2.76. The summed E-state index contributed by atoms with van der Waals surface area (Å²) in [6, 6.07) is 2.81. The second kappa shape index (κ2) is 6.29. The summed E-state index contributed by atoms with van der Waals surface area (Å²) < 4.78 is 15.7. The first kappa shape index (κ1) is 15.1. The molecule has 1 rings (SSSR count). The number of carbonyl (C=O) groups is 1. The normalized spacial score (nSPS) is 11.7. The topological polar surface area (TPSA) is 74.0 Å². The lowest BCUT2D eigenvalue weighted by Crippen LogP contribution is -2.39. The molecule has 0 aliphatic carbocycles. The molecular weight excluding hydrogens is 248 g/mol. The molecule has 0 saturated heterocycles. The van der Waals surface area contributed by atoms with Gasteiger partial charge < -0.3 is 24.8 Å². The van der Waals surface area contributed by atoms with Crippen LogP contribution in [0.5, 0.6) is 17.2 Å². The number of methoxy groups -OCH3 is 3. The quantitative estimate of drug-likeness (QED) is 0.863. The monoisotopic (exact) mass is 268 g/mol. The molecule has 1 atom stereocenters. The molecule has 106 valence electrons. The van der Waals surface area contributed by atoms with E-state index in [1.54, 1.807) is 26.1 Å². The number of nitrogens with zero attached hydrogens (tertiary/aromatic N) is 1. The lowest BCUT2D eigenvalue weighted by Gasteiger charge is -2.22. The maximum atomic E-state index is 11.9. The first-order chi connectivity index (χ1) is 8.96. The minimum atomic E-state index is -0.580. The molecular formula is C13H20N2O4. The van der Waals surface area contributed by atoms with Crippen LogP contribution in [0, 0.1) is 0 Å². The number of benzene rings is 1. The molecule has 1 unspecified atom stereocenters. The van der Waals surface area contributed by atoms with Crippen LogP contribution in [0.15, 0.2) is 12.1 Å². The van der Waals surface area contributed by atoms with E-state index in [1.165, 1.54) is 26.2 Å². The van der Waals surface area contributed by atoms with Crippen LogP contribution in [0.1, 0.15) is 6.92 Å². The molecule has 0 saturated carbocycles. The SMILES string of the molecule is COc1cc(N(C)C(=O)C(C)N)cc(OC)c1OC. The smallest absolute Gasteiger partial charge is 0.243 e. The van der Waals surface area contributed by atoms with Crippen molar-refractivity contribution in [3.63, 3.8) is 0 Å². The first-order valence-corrected chi connectivity index (χ1v) is 5.79. The van der Waals surface area contributed by atoms with E-state index in [0.29, 0.717) is 22.9 Å². The Labute approximate surface area is 113 Å². The average Bonchev–Trinajstić information content (AvgIpc) is 2.43. The van der Waals surface area contributed by atoms with Gasteiger partial charge in [0.05, 0.1) is 33.1 Å². The van der Waals surface area contributed by atoms with Crippen molar-refractivity contribution >= 4 is 11.6 Å². The van der Waals surface area contributed by atoms with Gasteiger partial charge in [-0.1, -0.05) is 0 Å². The fraction of sp³-hybridized carbons (Fsp3) is 0.462. The zero-order valence-corrected chi connectivity index (χ0v) is 11.9. The number of anilines is 1. The molecule has 6 nitrogen and oxygen atoms in total. The van der Waals surface area contributed by atoms with Crippen LogP contribution in [-0.4, -0.2) is 40.3 Å². The molecule has 0 aliphatic heterocycles. The second-order valence-corrected chi connectivity index (χ2v) is 4.07. The van der Waals surface area contributed by atoms with Gasteiger partial charge in [-0.25, -0.2) is 0 Å². The average molecular weight is 268 g/mol. The number of carbonyl (C=O) groups excluding carboxylic acids is 1. The minimum Gasteiger partial charge on any atom is -0.493 e. The fourth-order valence-electron chi connectivity index (χ4n) is 1.69. The van der Waals surface area contributed by atoms with Crippen LogP contribution in [0.2, 0.25) is 0 Å². The summed E-state index contributed by atoms with van der Waals surface area (Å²) in [5, 5.41) is 0. The van der Waals surface area contributed by atoms with Gasteiger partial charge in [-0.15, -0.1) is 0 Å². The maximum absolute atomic E-state index is 11.9. The summed E-state index contributed by atoms with van der Waals surface area (Å²) >= 11 is 0. The molecule has 1 aromatic carbocycles. The highest BCUT2D eigenvalue weighted by Crippen LogP contribution is 2.40. The van der Waals surface area contributed by atoms with Gasteiger partial charge in [0.1, 0.15) is 0 Å². The highest BCUT2D eigenvalue weighted by atomic mass is 16.5. The summed E-state index contributed by atoms with van der Waals surface area (Å²) in [6.45, 7) is 1.64. The van der Waals surface area contributed by atoms with E-state index >= 15 is 0 Å². The third-order valence-corrected chi connectivity index (χ3v) is 2.76. The zero-order chi connectivity index (χ0) is 14.6. The van der Waals surface area contributed by atoms with Crippen molar-refractivity contribution in [3.8, 4) is 17.2 Å². The number of likely N-dealkylation sites (N-methyl/N-ethyl adjacent to an activating group) is 1. The van der Waals surface area contributed by atoms with Gasteiger partial charge in [0.25, 0.3) is 0 Å². The minimum absolute atomic E-state index is 0.200. The predicted molar refractivity (Wildman–Crippen MR) is 73.2 cm³/mol. The van der Waals surface area contributed by atoms with Gasteiger partial charge in [-0.05, 0) is 6.92 Å². The number of rotatable bonds is 5. The summed E-state index contributed by atoms with van der Waals surface area (Å²) in [7, 11) is 6.21. The Morgan fingerprint density at radius 1 is 1.16 bits per heavy atom. The highest BCUT2D eigenvalue weighted by Gasteiger charge is 2.20. The molecule has 0 bridgehead atoms. The third kappa shape index (κ3) is 3.08. The van der Waals surface area contributed by atoms with E-state index in [2.05, 4.69) is 0 Å². The van der Waals surface area contributed by atoms with Gasteiger partial charge in [-0.3, -0.25) is 4.79 Å².